The molecule has 0 radical (unpaired) electrons. The van der Waals surface area contributed by atoms with Crippen LogP contribution in [0.4, 0.5) is 0 Å². The fourth-order valence-corrected chi connectivity index (χ4v) is 2.42. The number of rotatable bonds is 5. The molecule has 2 rings (SSSR count). The molecule has 1 aromatic heterocycles. The van der Waals surface area contributed by atoms with Crippen LogP contribution in [0.1, 0.15) is 17.2 Å². The summed E-state index contributed by atoms with van der Waals surface area (Å²) in [7, 11) is 1.66. The predicted octanol–water partition coefficient (Wildman–Crippen LogP) is 2.99. The summed E-state index contributed by atoms with van der Waals surface area (Å²) in [6, 6.07) is 6.85. The lowest BCUT2D eigenvalue weighted by atomic mass is 10.1. The van der Waals surface area contributed by atoms with Crippen molar-refractivity contribution in [1.29, 1.82) is 0 Å². The van der Waals surface area contributed by atoms with E-state index in [0.717, 1.165) is 5.56 Å². The highest BCUT2D eigenvalue weighted by atomic mass is 35.5. The molecule has 0 spiro atoms. The van der Waals surface area contributed by atoms with Gasteiger partial charge in [0.2, 0.25) is 0 Å². The highest BCUT2D eigenvalue weighted by molar-refractivity contribution is 6.34. The van der Waals surface area contributed by atoms with Crippen molar-refractivity contribution in [3.05, 3.63) is 58.0 Å². The van der Waals surface area contributed by atoms with Crippen LogP contribution in [0.25, 0.3) is 0 Å². The zero-order chi connectivity index (χ0) is 15.9. The number of guanidine groups is 1. The van der Waals surface area contributed by atoms with Crippen LogP contribution in [0.5, 0.6) is 0 Å². The second-order valence-corrected chi connectivity index (χ2v) is 5.53. The molecule has 118 valence electrons. The Morgan fingerprint density at radius 1 is 1.27 bits per heavy atom. The summed E-state index contributed by atoms with van der Waals surface area (Å²) >= 11 is 11.9. The fraction of sp³-hybridized carbons (Fsp3) is 0.267. The van der Waals surface area contributed by atoms with E-state index in [1.54, 1.807) is 37.8 Å². The van der Waals surface area contributed by atoms with Gasteiger partial charge in [-0.15, -0.1) is 0 Å². The molecule has 0 aliphatic heterocycles. The minimum atomic E-state index is -0.747. The Kier molecular flexibility index (Phi) is 6.12. The lowest BCUT2D eigenvalue weighted by Crippen LogP contribution is -2.38. The first-order chi connectivity index (χ1) is 10.6. The van der Waals surface area contributed by atoms with E-state index >= 15 is 0 Å². The molecule has 3 N–H and O–H groups in total. The molecule has 0 saturated heterocycles. The molecule has 0 amide bonds. The van der Waals surface area contributed by atoms with Gasteiger partial charge in [-0.05, 0) is 29.8 Å². The molecule has 2 aromatic rings. The number of hydrogen-bond acceptors (Lipinski definition) is 3. The van der Waals surface area contributed by atoms with Crippen molar-refractivity contribution in [3.8, 4) is 0 Å². The van der Waals surface area contributed by atoms with Gasteiger partial charge in [0, 0.05) is 35.7 Å². The van der Waals surface area contributed by atoms with Gasteiger partial charge in [-0.3, -0.25) is 4.99 Å². The van der Waals surface area contributed by atoms with Crippen molar-refractivity contribution in [2.45, 2.75) is 12.6 Å². The Hall–Kier alpha value is -1.69. The van der Waals surface area contributed by atoms with Crippen LogP contribution in [0, 0.1) is 0 Å². The van der Waals surface area contributed by atoms with Crippen LogP contribution >= 0.6 is 23.2 Å². The van der Waals surface area contributed by atoms with Gasteiger partial charge in [-0.2, -0.15) is 0 Å². The Labute approximate surface area is 139 Å². The second kappa shape index (κ2) is 8.08. The minimum Gasteiger partial charge on any atom is -0.472 e. The normalized spacial score (nSPS) is 13.0. The number of furan rings is 1. The second-order valence-electron chi connectivity index (χ2n) is 4.66. The van der Waals surface area contributed by atoms with E-state index in [0.29, 0.717) is 28.1 Å². The first-order valence-electron chi connectivity index (χ1n) is 6.68. The predicted molar refractivity (Wildman–Crippen MR) is 88.3 cm³/mol. The van der Waals surface area contributed by atoms with E-state index in [1.165, 1.54) is 0 Å². The van der Waals surface area contributed by atoms with Gasteiger partial charge in [-0.25, -0.2) is 0 Å². The summed E-state index contributed by atoms with van der Waals surface area (Å²) in [6.07, 6.45) is 2.52. The standard InChI is InChI=1S/C15H17Cl2N3O2/c1-18-15(19-7-10-2-3-22-9-10)20-8-14(21)11-4-12(16)6-13(17)5-11/h2-6,9,14,21H,7-8H2,1H3,(H2,18,19,20). The van der Waals surface area contributed by atoms with Crippen molar-refractivity contribution in [2.24, 2.45) is 4.99 Å². The zero-order valence-electron chi connectivity index (χ0n) is 12.0. The largest absolute Gasteiger partial charge is 0.472 e. The molecule has 1 unspecified atom stereocenters. The molecule has 1 aromatic carbocycles. The van der Waals surface area contributed by atoms with E-state index in [4.69, 9.17) is 27.6 Å². The van der Waals surface area contributed by atoms with Crippen LogP contribution in [0.2, 0.25) is 10.0 Å². The van der Waals surface area contributed by atoms with E-state index in [-0.39, 0.29) is 6.54 Å². The van der Waals surface area contributed by atoms with Crippen LogP contribution in [0.3, 0.4) is 0 Å². The van der Waals surface area contributed by atoms with Crippen LogP contribution < -0.4 is 10.6 Å². The van der Waals surface area contributed by atoms with Crippen molar-refractivity contribution < 1.29 is 9.52 Å². The summed E-state index contributed by atoms with van der Waals surface area (Å²) < 4.78 is 4.99. The summed E-state index contributed by atoms with van der Waals surface area (Å²) in [5.74, 6) is 0.577. The first kappa shape index (κ1) is 16.7. The topological polar surface area (TPSA) is 69.8 Å². The molecule has 7 heteroatoms. The average Bonchev–Trinajstić information content (AvgIpc) is 2.99. The van der Waals surface area contributed by atoms with Gasteiger partial charge in [0.15, 0.2) is 5.96 Å². The molecular formula is C15H17Cl2N3O2. The number of benzene rings is 1. The van der Waals surface area contributed by atoms with Crippen LogP contribution in [-0.2, 0) is 6.54 Å². The maximum atomic E-state index is 10.2. The SMILES string of the molecule is CN=C(NCc1ccoc1)NCC(O)c1cc(Cl)cc(Cl)c1. The van der Waals surface area contributed by atoms with E-state index in [1.807, 2.05) is 6.07 Å². The van der Waals surface area contributed by atoms with Crippen molar-refractivity contribution in [3.63, 3.8) is 0 Å². The maximum Gasteiger partial charge on any atom is 0.191 e. The highest BCUT2D eigenvalue weighted by Crippen LogP contribution is 2.23. The number of aliphatic hydroxyl groups is 1. The average molecular weight is 342 g/mol. The molecule has 22 heavy (non-hydrogen) atoms. The number of aliphatic hydroxyl groups excluding tert-OH is 1. The number of aliphatic imine (C=N–C) groups is 1. The van der Waals surface area contributed by atoms with Crippen molar-refractivity contribution in [1.82, 2.24) is 10.6 Å². The molecule has 5 nitrogen and oxygen atoms in total. The molecular weight excluding hydrogens is 325 g/mol. The van der Waals surface area contributed by atoms with Crippen LogP contribution in [0.15, 0.2) is 46.2 Å². The Bertz CT molecular complexity index is 609. The van der Waals surface area contributed by atoms with E-state index in [9.17, 15) is 5.11 Å². The number of halogens is 2. The molecule has 0 aliphatic rings. The monoisotopic (exact) mass is 341 g/mol. The summed E-state index contributed by atoms with van der Waals surface area (Å²) in [5, 5.41) is 17.3. The number of nitrogens with one attached hydrogen (secondary N) is 2. The number of hydrogen-bond donors (Lipinski definition) is 3. The quantitative estimate of drug-likeness (QED) is 0.577. The smallest absolute Gasteiger partial charge is 0.191 e. The fourth-order valence-electron chi connectivity index (χ4n) is 1.88. The van der Waals surface area contributed by atoms with Gasteiger partial charge >= 0.3 is 0 Å². The van der Waals surface area contributed by atoms with E-state index in [2.05, 4.69) is 15.6 Å². The Balaban J connectivity index is 1.87. The van der Waals surface area contributed by atoms with Gasteiger partial charge in [-0.1, -0.05) is 23.2 Å². The molecule has 0 bridgehead atoms. The van der Waals surface area contributed by atoms with Gasteiger partial charge in [0.05, 0.1) is 18.6 Å². The lowest BCUT2D eigenvalue weighted by molar-refractivity contribution is 0.181. The summed E-state index contributed by atoms with van der Waals surface area (Å²) in [5.41, 5.74) is 1.65. The summed E-state index contributed by atoms with van der Waals surface area (Å²) in [6.45, 7) is 0.858. The molecule has 1 atom stereocenters. The minimum absolute atomic E-state index is 0.279. The summed E-state index contributed by atoms with van der Waals surface area (Å²) in [4.78, 5) is 4.09. The van der Waals surface area contributed by atoms with Crippen LogP contribution in [-0.4, -0.2) is 24.7 Å². The van der Waals surface area contributed by atoms with Crippen molar-refractivity contribution >= 4 is 29.2 Å². The third kappa shape index (κ3) is 4.94. The van der Waals surface area contributed by atoms with Crippen molar-refractivity contribution in [2.75, 3.05) is 13.6 Å². The zero-order valence-corrected chi connectivity index (χ0v) is 13.5. The maximum absolute atomic E-state index is 10.2. The molecule has 1 heterocycles. The molecule has 0 fully saturated rings. The Morgan fingerprint density at radius 2 is 2.00 bits per heavy atom. The highest BCUT2D eigenvalue weighted by Gasteiger charge is 2.10. The van der Waals surface area contributed by atoms with E-state index < -0.39 is 6.10 Å². The third-order valence-corrected chi connectivity index (χ3v) is 3.43. The van der Waals surface area contributed by atoms with Gasteiger partial charge < -0.3 is 20.2 Å². The van der Waals surface area contributed by atoms with Gasteiger partial charge in [0.1, 0.15) is 0 Å². The Morgan fingerprint density at radius 3 is 2.59 bits per heavy atom. The first-order valence-corrected chi connectivity index (χ1v) is 7.43. The van der Waals surface area contributed by atoms with Gasteiger partial charge in [0.25, 0.3) is 0 Å². The number of nitrogens with zero attached hydrogens (tertiary/aromatic N) is 1. The molecule has 0 aliphatic carbocycles. The lowest BCUT2D eigenvalue weighted by Gasteiger charge is -2.16. The third-order valence-electron chi connectivity index (χ3n) is 3.00. The molecule has 0 saturated carbocycles.